The molecule has 0 bridgehead atoms. The summed E-state index contributed by atoms with van der Waals surface area (Å²) >= 11 is 0. The Kier molecular flexibility index (Phi) is 3.06. The maximum absolute atomic E-state index is 4.51. The normalized spacial score (nSPS) is 11.8. The van der Waals surface area contributed by atoms with Gasteiger partial charge in [0.15, 0.2) is 0 Å². The minimum absolute atomic E-state index is 0.125. The first-order valence-electron chi connectivity index (χ1n) is 7.01. The van der Waals surface area contributed by atoms with E-state index in [9.17, 15) is 0 Å². The van der Waals surface area contributed by atoms with E-state index in [1.54, 1.807) is 0 Å². The predicted octanol–water partition coefficient (Wildman–Crippen LogP) is 5.15. The number of pyridine rings is 1. The van der Waals surface area contributed by atoms with Gasteiger partial charge in [-0.15, -0.1) is 0 Å². The minimum Gasteiger partial charge on any atom is -0.256 e. The number of hydrogen-bond acceptors (Lipinski definition) is 1. The molecule has 1 aromatic rings. The van der Waals surface area contributed by atoms with Crippen molar-refractivity contribution in [3.8, 4) is 22.4 Å². The molecule has 0 aliphatic heterocycles. The average molecular weight is 261 g/mol. The molecule has 0 radical (unpaired) electrons. The van der Waals surface area contributed by atoms with Crippen molar-refractivity contribution in [1.82, 2.24) is 4.98 Å². The van der Waals surface area contributed by atoms with Crippen LogP contribution in [-0.2, 0) is 5.41 Å². The molecule has 0 amide bonds. The van der Waals surface area contributed by atoms with E-state index in [0.29, 0.717) is 0 Å². The second-order valence-corrected chi connectivity index (χ2v) is 6.17. The number of fused-ring (bicyclic) bond motifs is 1. The molecular formula is C19H19N. The molecule has 100 valence electrons. The molecule has 0 unspecified atom stereocenters. The fourth-order valence-corrected chi connectivity index (χ4v) is 2.67. The Morgan fingerprint density at radius 1 is 0.750 bits per heavy atom. The minimum atomic E-state index is 0.125. The van der Waals surface area contributed by atoms with Crippen LogP contribution in [0.3, 0.4) is 0 Å². The van der Waals surface area contributed by atoms with Crippen molar-refractivity contribution < 1.29 is 0 Å². The monoisotopic (exact) mass is 261 g/mol. The van der Waals surface area contributed by atoms with Gasteiger partial charge in [0.25, 0.3) is 0 Å². The van der Waals surface area contributed by atoms with Gasteiger partial charge in [-0.1, -0.05) is 57.2 Å². The van der Waals surface area contributed by atoms with Crippen LogP contribution in [0.25, 0.3) is 22.4 Å². The average Bonchev–Trinajstić information content (AvgIpc) is 2.63. The summed E-state index contributed by atoms with van der Waals surface area (Å²) in [6.45, 7) is 6.78. The number of hydrogen-bond donors (Lipinski definition) is 0. The maximum Gasteiger partial charge on any atom is 0.0708 e. The molecule has 0 atom stereocenters. The van der Waals surface area contributed by atoms with Crippen LogP contribution in [0.4, 0.5) is 0 Å². The smallest absolute Gasteiger partial charge is 0.0708 e. The van der Waals surface area contributed by atoms with E-state index < -0.39 is 0 Å². The topological polar surface area (TPSA) is 12.9 Å². The van der Waals surface area contributed by atoms with Crippen LogP contribution in [-0.4, -0.2) is 4.98 Å². The lowest BCUT2D eigenvalue weighted by atomic mass is 9.86. The molecule has 1 heteroatoms. The molecule has 0 spiro atoms. The highest BCUT2D eigenvalue weighted by Gasteiger charge is 2.24. The molecule has 2 aliphatic rings. The zero-order valence-electron chi connectivity index (χ0n) is 12.2. The Bertz CT molecular complexity index is 693. The van der Waals surface area contributed by atoms with Crippen molar-refractivity contribution in [2.75, 3.05) is 0 Å². The summed E-state index contributed by atoms with van der Waals surface area (Å²) in [6, 6.07) is 19.1. The second-order valence-electron chi connectivity index (χ2n) is 6.17. The lowest BCUT2D eigenvalue weighted by Crippen LogP contribution is -2.10. The quantitative estimate of drug-likeness (QED) is 0.590. The number of aromatic nitrogens is 1. The molecule has 3 rings (SSSR count). The molecule has 0 fully saturated rings. The lowest BCUT2D eigenvalue weighted by molar-refractivity contribution is 0.594. The fourth-order valence-electron chi connectivity index (χ4n) is 2.67. The predicted molar refractivity (Wildman–Crippen MR) is 85.0 cm³/mol. The molecule has 20 heavy (non-hydrogen) atoms. The van der Waals surface area contributed by atoms with Crippen LogP contribution in [0.15, 0.2) is 60.8 Å². The van der Waals surface area contributed by atoms with E-state index in [4.69, 9.17) is 0 Å². The highest BCUT2D eigenvalue weighted by Crippen LogP contribution is 2.42. The second kappa shape index (κ2) is 4.75. The van der Waals surface area contributed by atoms with Gasteiger partial charge in [-0.3, -0.25) is 4.98 Å². The summed E-state index contributed by atoms with van der Waals surface area (Å²) in [5.74, 6) is 0. The maximum atomic E-state index is 4.51. The Morgan fingerprint density at radius 3 is 2.10 bits per heavy atom. The molecule has 0 saturated carbocycles. The largest absolute Gasteiger partial charge is 0.256 e. The SMILES string of the molecule is CC(C)(C)c1cc(-c2ccccn2)c2cccccc1-2. The van der Waals surface area contributed by atoms with Gasteiger partial charge in [0.2, 0.25) is 0 Å². The Morgan fingerprint density at radius 2 is 1.45 bits per heavy atom. The van der Waals surface area contributed by atoms with Crippen LogP contribution in [0.2, 0.25) is 0 Å². The van der Waals surface area contributed by atoms with Gasteiger partial charge in [0, 0.05) is 11.8 Å². The zero-order chi connectivity index (χ0) is 14.2. The first-order valence-corrected chi connectivity index (χ1v) is 7.01. The van der Waals surface area contributed by atoms with E-state index in [0.717, 1.165) is 5.69 Å². The summed E-state index contributed by atoms with van der Waals surface area (Å²) < 4.78 is 0. The number of nitrogens with zero attached hydrogens (tertiary/aromatic N) is 1. The molecule has 0 N–H and O–H groups in total. The summed E-state index contributed by atoms with van der Waals surface area (Å²) in [5.41, 5.74) is 6.37. The van der Waals surface area contributed by atoms with Gasteiger partial charge in [-0.05, 0) is 40.3 Å². The molecule has 2 aliphatic carbocycles. The Labute approximate surface area is 120 Å². The zero-order valence-corrected chi connectivity index (χ0v) is 12.2. The van der Waals surface area contributed by atoms with Crippen LogP contribution in [0, 0.1) is 0 Å². The Hall–Kier alpha value is -2.15. The summed E-state index contributed by atoms with van der Waals surface area (Å²) in [5, 5.41) is 0. The van der Waals surface area contributed by atoms with Crippen molar-refractivity contribution in [3.63, 3.8) is 0 Å². The van der Waals surface area contributed by atoms with Gasteiger partial charge in [0.1, 0.15) is 0 Å². The highest BCUT2D eigenvalue weighted by molar-refractivity contribution is 5.88. The van der Waals surface area contributed by atoms with E-state index in [-0.39, 0.29) is 5.41 Å². The lowest BCUT2D eigenvalue weighted by Gasteiger charge is -2.18. The summed E-state index contributed by atoms with van der Waals surface area (Å²) in [4.78, 5) is 4.51. The third-order valence-electron chi connectivity index (χ3n) is 3.66. The van der Waals surface area contributed by atoms with Gasteiger partial charge in [0.05, 0.1) is 5.69 Å². The standard InChI is InChI=1S/C19H19N/c1-19(2,3)17-13-16(18-11-7-8-12-20-18)14-9-5-4-6-10-15(14)17/h4-13H,1-3H3. The van der Waals surface area contributed by atoms with Crippen LogP contribution in [0.1, 0.15) is 26.3 Å². The van der Waals surface area contributed by atoms with Crippen molar-refractivity contribution in [1.29, 1.82) is 0 Å². The third-order valence-corrected chi connectivity index (χ3v) is 3.66. The Balaban J connectivity index is 2.30. The molecule has 0 aromatic carbocycles. The van der Waals surface area contributed by atoms with Crippen LogP contribution in [0.5, 0.6) is 0 Å². The van der Waals surface area contributed by atoms with Gasteiger partial charge in [-0.2, -0.15) is 0 Å². The first-order chi connectivity index (χ1) is 9.57. The van der Waals surface area contributed by atoms with Crippen molar-refractivity contribution in [3.05, 3.63) is 66.4 Å². The first kappa shape index (κ1) is 12.9. The van der Waals surface area contributed by atoms with Crippen LogP contribution >= 0.6 is 0 Å². The van der Waals surface area contributed by atoms with Gasteiger partial charge in [-0.25, -0.2) is 0 Å². The van der Waals surface area contributed by atoms with Crippen molar-refractivity contribution in [2.45, 2.75) is 26.2 Å². The van der Waals surface area contributed by atoms with Crippen molar-refractivity contribution in [2.24, 2.45) is 0 Å². The van der Waals surface area contributed by atoms with Crippen LogP contribution < -0.4 is 0 Å². The summed E-state index contributed by atoms with van der Waals surface area (Å²) in [7, 11) is 0. The fraction of sp³-hybridized carbons (Fsp3) is 0.211. The van der Waals surface area contributed by atoms with E-state index in [1.807, 2.05) is 18.3 Å². The number of rotatable bonds is 1. The molecule has 1 nitrogen and oxygen atoms in total. The van der Waals surface area contributed by atoms with Gasteiger partial charge >= 0.3 is 0 Å². The van der Waals surface area contributed by atoms with Gasteiger partial charge < -0.3 is 0 Å². The van der Waals surface area contributed by atoms with E-state index in [1.165, 1.54) is 22.3 Å². The van der Waals surface area contributed by atoms with E-state index >= 15 is 0 Å². The molecule has 0 saturated heterocycles. The van der Waals surface area contributed by atoms with Crippen molar-refractivity contribution >= 4 is 0 Å². The molecule has 1 aromatic heterocycles. The molecule has 1 heterocycles. The summed E-state index contributed by atoms with van der Waals surface area (Å²) in [6.07, 6.45) is 1.86. The highest BCUT2D eigenvalue weighted by atomic mass is 14.7. The molecular weight excluding hydrogens is 242 g/mol. The van der Waals surface area contributed by atoms with E-state index in [2.05, 4.69) is 68.2 Å². The third kappa shape index (κ3) is 2.20.